The second-order valence-corrected chi connectivity index (χ2v) is 10.9. The number of carbonyl (C=O) groups excluding carboxylic acids is 1. The van der Waals surface area contributed by atoms with Crippen LogP contribution in [-0.2, 0) is 20.7 Å². The number of phenolic OH excluding ortho intramolecular Hbond substituents is 2. The Balaban J connectivity index is 1.54. The zero-order valence-corrected chi connectivity index (χ0v) is 23.7. The zero-order valence-electron chi connectivity index (χ0n) is 23.7. The summed E-state index contributed by atoms with van der Waals surface area (Å²) in [6.45, 7) is -0.869. The van der Waals surface area contributed by atoms with Gasteiger partial charge in [0.2, 0.25) is 0 Å². The van der Waals surface area contributed by atoms with Crippen molar-refractivity contribution in [3.8, 4) is 17.2 Å². The number of carboxylic acids is 1. The molecule has 3 aromatic rings. The van der Waals surface area contributed by atoms with Gasteiger partial charge in [0.05, 0.1) is 12.3 Å². The lowest BCUT2D eigenvalue weighted by Crippen LogP contribution is -2.67. The third kappa shape index (κ3) is 6.35. The molecule has 7 atom stereocenters. The molecule has 1 fully saturated rings. The number of hydrogen-bond donors (Lipinski definition) is 8. The number of amides is 1. The first-order valence-electron chi connectivity index (χ1n) is 14.1. The molecule has 0 spiro atoms. The molecule has 2 heterocycles. The van der Waals surface area contributed by atoms with E-state index in [0.29, 0.717) is 17.5 Å². The van der Waals surface area contributed by atoms with E-state index in [9.17, 15) is 50.4 Å². The Bertz CT molecular complexity index is 1560. The number of hydrogen-bond acceptors (Lipinski definition) is 11. The van der Waals surface area contributed by atoms with Gasteiger partial charge in [-0.15, -0.1) is 0 Å². The Hall–Kier alpha value is -4.50. The van der Waals surface area contributed by atoms with Crippen LogP contribution in [0.2, 0.25) is 0 Å². The van der Waals surface area contributed by atoms with Crippen LogP contribution in [0.3, 0.4) is 0 Å². The number of rotatable bonds is 9. The average molecular weight is 624 g/mol. The first-order valence-corrected chi connectivity index (χ1v) is 14.1. The molecule has 0 bridgehead atoms. The van der Waals surface area contributed by atoms with Crippen LogP contribution in [0.4, 0.5) is 5.69 Å². The number of aliphatic hydroxyl groups excluding tert-OH is 4. The van der Waals surface area contributed by atoms with E-state index in [1.165, 1.54) is 24.3 Å². The highest BCUT2D eigenvalue weighted by atomic mass is 16.8. The molecule has 3 aromatic carbocycles. The van der Waals surface area contributed by atoms with Gasteiger partial charge in [-0.2, -0.15) is 0 Å². The molecule has 2 aliphatic heterocycles. The summed E-state index contributed by atoms with van der Waals surface area (Å²) >= 11 is 0. The number of aliphatic hydroxyl groups is 5. The highest BCUT2D eigenvalue weighted by Crippen LogP contribution is 2.49. The van der Waals surface area contributed by atoms with Crippen molar-refractivity contribution in [3.05, 3.63) is 89.5 Å². The molecule has 1 amide bonds. The van der Waals surface area contributed by atoms with E-state index in [2.05, 4.69) is 0 Å². The maximum Gasteiger partial charge on any atom is 0.355 e. The number of fused-ring (bicyclic) bond motifs is 1. The number of phenols is 2. The molecule has 0 unspecified atom stereocenters. The second-order valence-electron chi connectivity index (χ2n) is 10.9. The molecule has 0 aliphatic carbocycles. The maximum absolute atomic E-state index is 13.7. The number of carboxylic acid groups (broad SMARTS) is 1. The monoisotopic (exact) mass is 623 g/mol. The van der Waals surface area contributed by atoms with Crippen LogP contribution < -0.4 is 9.64 Å². The lowest BCUT2D eigenvalue weighted by atomic mass is 9.88. The lowest BCUT2D eigenvalue weighted by molar-refractivity contribution is -0.422. The molecule has 0 saturated carbocycles. The van der Waals surface area contributed by atoms with Gasteiger partial charge in [0.1, 0.15) is 30.1 Å². The van der Waals surface area contributed by atoms with Crippen LogP contribution in [0.5, 0.6) is 17.2 Å². The Labute approximate surface area is 257 Å². The van der Waals surface area contributed by atoms with Crippen molar-refractivity contribution >= 4 is 23.6 Å². The third-order valence-electron chi connectivity index (χ3n) is 8.00. The van der Waals surface area contributed by atoms with Crippen LogP contribution in [0.1, 0.15) is 29.0 Å². The van der Waals surface area contributed by atoms with Crippen molar-refractivity contribution in [2.24, 2.45) is 0 Å². The fourth-order valence-corrected chi connectivity index (χ4v) is 5.68. The van der Waals surface area contributed by atoms with Gasteiger partial charge >= 0.3 is 11.9 Å². The number of aliphatic carboxylic acids is 1. The van der Waals surface area contributed by atoms with E-state index in [-0.39, 0.29) is 17.9 Å². The van der Waals surface area contributed by atoms with Crippen molar-refractivity contribution in [1.29, 1.82) is 0 Å². The van der Waals surface area contributed by atoms with E-state index >= 15 is 0 Å². The maximum atomic E-state index is 13.7. The molecule has 238 valence electrons. The molecule has 1 saturated heterocycles. The number of ether oxygens (including phenoxy) is 2. The van der Waals surface area contributed by atoms with Gasteiger partial charge in [0.15, 0.2) is 17.6 Å². The van der Waals surface area contributed by atoms with Gasteiger partial charge in [-0.05, 0) is 53.8 Å². The van der Waals surface area contributed by atoms with E-state index in [1.54, 1.807) is 12.1 Å². The van der Waals surface area contributed by atoms with Crippen LogP contribution in [0.25, 0.3) is 6.08 Å². The Morgan fingerprint density at radius 2 is 1.67 bits per heavy atom. The smallest absolute Gasteiger partial charge is 0.355 e. The van der Waals surface area contributed by atoms with Crippen molar-refractivity contribution in [2.75, 3.05) is 11.5 Å². The predicted molar refractivity (Wildman–Crippen MR) is 157 cm³/mol. The molecular formula is C32H33NO12. The minimum Gasteiger partial charge on any atom is -0.508 e. The summed E-state index contributed by atoms with van der Waals surface area (Å²) in [4.78, 5) is 27.4. The van der Waals surface area contributed by atoms with Gasteiger partial charge in [-0.25, -0.2) is 4.79 Å². The summed E-state index contributed by atoms with van der Waals surface area (Å²) in [6, 6.07) is 16.1. The SMILES string of the molecule is O=C(O)[C@H]1[C@H](CCc2ccccc2)c2cc(O)c(O[C@]3(O)O[C@H](CO)[C@@H](O)[C@H](O)[C@H]3O)cc2N1C(=O)/C=C/c1ccc(O)cc1. The fourth-order valence-electron chi connectivity index (χ4n) is 5.68. The topological polar surface area (TPSA) is 218 Å². The number of aromatic hydroxyl groups is 2. The predicted octanol–water partition coefficient (Wildman–Crippen LogP) is 0.826. The summed E-state index contributed by atoms with van der Waals surface area (Å²) in [5.74, 6) is -7.05. The largest absolute Gasteiger partial charge is 0.508 e. The quantitative estimate of drug-likeness (QED) is 0.123. The van der Waals surface area contributed by atoms with E-state index in [1.807, 2.05) is 30.3 Å². The zero-order chi connectivity index (χ0) is 32.5. The van der Waals surface area contributed by atoms with Crippen molar-refractivity contribution in [3.63, 3.8) is 0 Å². The van der Waals surface area contributed by atoms with E-state index < -0.39 is 72.3 Å². The van der Waals surface area contributed by atoms with Gasteiger partial charge in [0, 0.05) is 18.1 Å². The molecule has 5 rings (SSSR count). The van der Waals surface area contributed by atoms with Crippen molar-refractivity contribution < 1.29 is 59.9 Å². The van der Waals surface area contributed by atoms with Crippen LogP contribution in [0.15, 0.2) is 72.8 Å². The molecule has 45 heavy (non-hydrogen) atoms. The van der Waals surface area contributed by atoms with Crippen LogP contribution in [0, 0.1) is 0 Å². The normalized spacial score (nSPS) is 27.8. The fraction of sp³-hybridized carbons (Fsp3) is 0.312. The lowest BCUT2D eigenvalue weighted by Gasteiger charge is -2.44. The highest BCUT2D eigenvalue weighted by molar-refractivity contribution is 6.09. The Morgan fingerprint density at radius 1 is 0.978 bits per heavy atom. The van der Waals surface area contributed by atoms with Crippen molar-refractivity contribution in [1.82, 2.24) is 0 Å². The standard InChI is InChI=1S/C32H33NO12/c34-16-25-28(38)29(39)30(40)32(43,45-25)44-24-15-22-21(14-23(24)36)20(12-8-17-4-2-1-3-5-17)27(31(41)42)33(22)26(37)13-9-18-6-10-19(35)11-7-18/h1-7,9-11,13-15,20,25,27-30,34-36,38-40,43H,8,12,16H2,(H,41,42)/b13-9+/t20-,25-,27-,28-,29+,30-,32+/m1/s1. The van der Waals surface area contributed by atoms with E-state index in [0.717, 1.165) is 22.6 Å². The van der Waals surface area contributed by atoms with Crippen LogP contribution >= 0.6 is 0 Å². The number of anilines is 1. The number of carbonyl (C=O) groups is 2. The molecule has 2 aliphatic rings. The summed E-state index contributed by atoms with van der Waals surface area (Å²) < 4.78 is 10.6. The van der Waals surface area contributed by atoms with E-state index in [4.69, 9.17) is 9.47 Å². The van der Waals surface area contributed by atoms with Gasteiger partial charge in [0.25, 0.3) is 5.91 Å². The number of nitrogens with zero attached hydrogens (tertiary/aromatic N) is 1. The molecular weight excluding hydrogens is 590 g/mol. The Morgan fingerprint density at radius 3 is 2.31 bits per heavy atom. The number of aryl methyl sites for hydroxylation is 1. The third-order valence-corrected chi connectivity index (χ3v) is 8.00. The molecule has 0 aromatic heterocycles. The molecule has 0 radical (unpaired) electrons. The second kappa shape index (κ2) is 12.9. The highest BCUT2D eigenvalue weighted by Gasteiger charge is 2.56. The summed E-state index contributed by atoms with van der Waals surface area (Å²) in [5, 5.41) is 82.1. The Kier molecular flexibility index (Phi) is 9.11. The first-order chi connectivity index (χ1) is 21.4. The van der Waals surface area contributed by atoms with Gasteiger partial charge in [-0.1, -0.05) is 42.5 Å². The van der Waals surface area contributed by atoms with Gasteiger partial charge < -0.3 is 50.3 Å². The molecule has 13 nitrogen and oxygen atoms in total. The summed E-state index contributed by atoms with van der Waals surface area (Å²) in [7, 11) is 0. The van der Waals surface area contributed by atoms with Gasteiger partial charge in [-0.3, -0.25) is 9.69 Å². The minimum atomic E-state index is -3.07. The van der Waals surface area contributed by atoms with Crippen LogP contribution in [-0.4, -0.2) is 95.8 Å². The van der Waals surface area contributed by atoms with Crippen molar-refractivity contribution in [2.45, 2.75) is 55.2 Å². The summed E-state index contributed by atoms with van der Waals surface area (Å²) in [6.07, 6.45) is -4.33. The number of benzene rings is 3. The first kappa shape index (κ1) is 31.9. The molecule has 8 N–H and O–H groups in total. The minimum absolute atomic E-state index is 0.0209. The average Bonchev–Trinajstić information content (AvgIpc) is 3.34. The summed E-state index contributed by atoms with van der Waals surface area (Å²) in [5.41, 5.74) is 1.80. The molecule has 13 heteroatoms.